The largest absolute Gasteiger partial charge is 0.464 e. The van der Waals surface area contributed by atoms with Gasteiger partial charge in [-0.2, -0.15) is 0 Å². The van der Waals surface area contributed by atoms with Gasteiger partial charge in [-0.25, -0.2) is 4.98 Å². The smallest absolute Gasteiger partial charge is 0.131 e. The minimum atomic E-state index is 0.731. The van der Waals surface area contributed by atoms with Gasteiger partial charge in [0.1, 0.15) is 17.3 Å². The van der Waals surface area contributed by atoms with E-state index in [4.69, 9.17) is 4.42 Å². The first-order valence-electron chi connectivity index (χ1n) is 7.57. The van der Waals surface area contributed by atoms with Gasteiger partial charge in [0.25, 0.3) is 0 Å². The number of hydrogen-bond acceptors (Lipinski definition) is 4. The van der Waals surface area contributed by atoms with Crippen LogP contribution >= 0.6 is 0 Å². The summed E-state index contributed by atoms with van der Waals surface area (Å²) in [5.41, 5.74) is 2.46. The molecule has 1 aliphatic rings. The SMILES string of the molecule is Cc1ccc(CN(C)c2ncc(CNC3CC3)cc2C)o1. The summed E-state index contributed by atoms with van der Waals surface area (Å²) in [6, 6.07) is 6.97. The minimum Gasteiger partial charge on any atom is -0.464 e. The van der Waals surface area contributed by atoms with Crippen LogP contribution in [-0.4, -0.2) is 18.1 Å². The Labute approximate surface area is 126 Å². The summed E-state index contributed by atoms with van der Waals surface area (Å²) >= 11 is 0. The van der Waals surface area contributed by atoms with Crippen LogP contribution in [0.5, 0.6) is 0 Å². The van der Waals surface area contributed by atoms with Crippen molar-refractivity contribution in [1.29, 1.82) is 0 Å². The van der Waals surface area contributed by atoms with Gasteiger partial charge in [-0.3, -0.25) is 0 Å². The van der Waals surface area contributed by atoms with E-state index in [9.17, 15) is 0 Å². The molecule has 0 saturated heterocycles. The third-order valence-corrected chi connectivity index (χ3v) is 3.83. The molecule has 2 aromatic heterocycles. The lowest BCUT2D eigenvalue weighted by Gasteiger charge is -2.19. The summed E-state index contributed by atoms with van der Waals surface area (Å²) in [7, 11) is 2.05. The number of pyridine rings is 1. The van der Waals surface area contributed by atoms with E-state index >= 15 is 0 Å². The molecule has 1 N–H and O–H groups in total. The van der Waals surface area contributed by atoms with Gasteiger partial charge in [0.15, 0.2) is 0 Å². The van der Waals surface area contributed by atoms with E-state index in [0.717, 1.165) is 36.5 Å². The van der Waals surface area contributed by atoms with Gasteiger partial charge < -0.3 is 14.6 Å². The van der Waals surface area contributed by atoms with Gasteiger partial charge in [-0.1, -0.05) is 0 Å². The maximum atomic E-state index is 5.63. The van der Waals surface area contributed by atoms with E-state index in [1.807, 2.05) is 25.3 Å². The van der Waals surface area contributed by atoms with E-state index in [1.54, 1.807) is 0 Å². The Bertz CT molecular complexity index is 616. The average Bonchev–Trinajstić information content (AvgIpc) is 3.19. The van der Waals surface area contributed by atoms with Crippen molar-refractivity contribution in [2.24, 2.45) is 0 Å². The highest BCUT2D eigenvalue weighted by Gasteiger charge is 2.20. The predicted molar refractivity (Wildman–Crippen MR) is 84.4 cm³/mol. The first kappa shape index (κ1) is 14.1. The van der Waals surface area contributed by atoms with Gasteiger partial charge >= 0.3 is 0 Å². The van der Waals surface area contributed by atoms with Crippen LogP contribution in [0, 0.1) is 13.8 Å². The first-order valence-corrected chi connectivity index (χ1v) is 7.57. The van der Waals surface area contributed by atoms with E-state index in [2.05, 4.69) is 35.2 Å². The average molecular weight is 285 g/mol. The predicted octanol–water partition coefficient (Wildman–Crippen LogP) is 3.18. The number of anilines is 1. The van der Waals surface area contributed by atoms with E-state index in [1.165, 1.54) is 24.0 Å². The monoisotopic (exact) mass is 285 g/mol. The molecule has 2 aromatic rings. The summed E-state index contributed by atoms with van der Waals surface area (Å²) in [5.74, 6) is 2.93. The molecule has 4 heteroatoms. The Hall–Kier alpha value is -1.81. The minimum absolute atomic E-state index is 0.731. The molecule has 1 saturated carbocycles. The lowest BCUT2D eigenvalue weighted by molar-refractivity contribution is 0.481. The Morgan fingerprint density at radius 3 is 2.76 bits per heavy atom. The van der Waals surface area contributed by atoms with Crippen LogP contribution in [0.25, 0.3) is 0 Å². The van der Waals surface area contributed by atoms with Crippen LogP contribution in [0.1, 0.15) is 35.5 Å². The maximum Gasteiger partial charge on any atom is 0.131 e. The van der Waals surface area contributed by atoms with Crippen LogP contribution in [0.15, 0.2) is 28.8 Å². The molecule has 4 nitrogen and oxygen atoms in total. The van der Waals surface area contributed by atoms with Gasteiger partial charge in [0.2, 0.25) is 0 Å². The fourth-order valence-corrected chi connectivity index (χ4v) is 2.55. The molecular weight excluding hydrogens is 262 g/mol. The molecule has 1 aliphatic carbocycles. The molecule has 0 spiro atoms. The van der Waals surface area contributed by atoms with Crippen LogP contribution in [0.3, 0.4) is 0 Å². The molecule has 0 radical (unpaired) electrons. The van der Waals surface area contributed by atoms with Crippen molar-refractivity contribution in [3.63, 3.8) is 0 Å². The highest BCUT2D eigenvalue weighted by atomic mass is 16.3. The van der Waals surface area contributed by atoms with E-state index < -0.39 is 0 Å². The normalized spacial score (nSPS) is 14.4. The molecule has 0 aliphatic heterocycles. The van der Waals surface area contributed by atoms with Crippen molar-refractivity contribution in [2.75, 3.05) is 11.9 Å². The van der Waals surface area contributed by atoms with Gasteiger partial charge in [0.05, 0.1) is 6.54 Å². The Morgan fingerprint density at radius 1 is 1.33 bits per heavy atom. The number of aryl methyl sites for hydroxylation is 2. The zero-order valence-electron chi connectivity index (χ0n) is 13.0. The van der Waals surface area contributed by atoms with E-state index in [-0.39, 0.29) is 0 Å². The van der Waals surface area contributed by atoms with Gasteiger partial charge in [0, 0.05) is 25.8 Å². The lowest BCUT2D eigenvalue weighted by atomic mass is 10.2. The van der Waals surface area contributed by atoms with Crippen molar-refractivity contribution in [3.05, 3.63) is 47.0 Å². The molecule has 112 valence electrons. The zero-order chi connectivity index (χ0) is 14.8. The molecule has 0 aromatic carbocycles. The number of nitrogens with zero attached hydrogens (tertiary/aromatic N) is 2. The Balaban J connectivity index is 1.65. The quantitative estimate of drug-likeness (QED) is 0.885. The Morgan fingerprint density at radius 2 is 2.14 bits per heavy atom. The first-order chi connectivity index (χ1) is 10.1. The van der Waals surface area contributed by atoms with Crippen molar-refractivity contribution in [3.8, 4) is 0 Å². The standard InChI is InChI=1S/C17H23N3O/c1-12-8-14(9-18-15-5-6-15)10-19-17(12)20(3)11-16-7-4-13(2)21-16/h4,7-8,10,15,18H,5-6,9,11H2,1-3H3. The molecule has 0 unspecified atom stereocenters. The molecule has 1 fully saturated rings. The van der Waals surface area contributed by atoms with Gasteiger partial charge in [-0.15, -0.1) is 0 Å². The van der Waals surface area contributed by atoms with Crippen LogP contribution in [-0.2, 0) is 13.1 Å². The van der Waals surface area contributed by atoms with Gasteiger partial charge in [-0.05, 0) is 56.0 Å². The summed E-state index contributed by atoms with van der Waals surface area (Å²) in [5, 5.41) is 3.52. The highest BCUT2D eigenvalue weighted by Crippen LogP contribution is 2.22. The second-order valence-electron chi connectivity index (χ2n) is 6.01. The molecular formula is C17H23N3O. The highest BCUT2D eigenvalue weighted by molar-refractivity contribution is 5.46. The molecule has 21 heavy (non-hydrogen) atoms. The van der Waals surface area contributed by atoms with Crippen molar-refractivity contribution >= 4 is 5.82 Å². The molecule has 0 amide bonds. The molecule has 3 rings (SSSR count). The molecule has 0 bridgehead atoms. The van der Waals surface area contributed by atoms with Crippen LogP contribution in [0.2, 0.25) is 0 Å². The number of nitrogens with one attached hydrogen (secondary N) is 1. The maximum absolute atomic E-state index is 5.63. The molecule has 2 heterocycles. The second kappa shape index (κ2) is 5.90. The third-order valence-electron chi connectivity index (χ3n) is 3.83. The second-order valence-corrected chi connectivity index (χ2v) is 6.01. The summed E-state index contributed by atoms with van der Waals surface area (Å²) < 4.78 is 5.63. The summed E-state index contributed by atoms with van der Waals surface area (Å²) in [4.78, 5) is 6.75. The zero-order valence-corrected chi connectivity index (χ0v) is 13.0. The topological polar surface area (TPSA) is 41.3 Å². The fourth-order valence-electron chi connectivity index (χ4n) is 2.55. The van der Waals surface area contributed by atoms with Crippen molar-refractivity contribution in [1.82, 2.24) is 10.3 Å². The van der Waals surface area contributed by atoms with Crippen molar-refractivity contribution in [2.45, 2.75) is 45.8 Å². The third kappa shape index (κ3) is 3.64. The Kier molecular flexibility index (Phi) is 3.97. The van der Waals surface area contributed by atoms with Crippen LogP contribution < -0.4 is 10.2 Å². The molecule has 0 atom stereocenters. The summed E-state index contributed by atoms with van der Waals surface area (Å²) in [6.07, 6.45) is 4.60. The summed E-state index contributed by atoms with van der Waals surface area (Å²) in [6.45, 7) is 5.74. The lowest BCUT2D eigenvalue weighted by Crippen LogP contribution is -2.19. The number of rotatable bonds is 6. The van der Waals surface area contributed by atoms with E-state index in [0.29, 0.717) is 0 Å². The number of furan rings is 1. The number of aromatic nitrogens is 1. The van der Waals surface area contributed by atoms with Crippen molar-refractivity contribution < 1.29 is 4.42 Å². The van der Waals surface area contributed by atoms with Crippen LogP contribution in [0.4, 0.5) is 5.82 Å². The number of hydrogen-bond donors (Lipinski definition) is 1. The fraction of sp³-hybridized carbons (Fsp3) is 0.471.